The fourth-order valence-electron chi connectivity index (χ4n) is 2.81. The summed E-state index contributed by atoms with van der Waals surface area (Å²) in [6.45, 7) is 2.13. The SMILES string of the molecule is C[C@H]1CCCC/C1=N/NC(=O)C[C@@H]1CCS(=O)(=O)C1. The fraction of sp³-hybridized carbons (Fsp3) is 0.846. The van der Waals surface area contributed by atoms with Crippen LogP contribution in [0.1, 0.15) is 45.4 Å². The third-order valence-corrected chi connectivity index (χ3v) is 5.85. The number of amides is 1. The maximum absolute atomic E-state index is 11.7. The summed E-state index contributed by atoms with van der Waals surface area (Å²) < 4.78 is 22.6. The van der Waals surface area contributed by atoms with Crippen molar-refractivity contribution >= 4 is 21.5 Å². The van der Waals surface area contributed by atoms with Crippen LogP contribution >= 0.6 is 0 Å². The summed E-state index contributed by atoms with van der Waals surface area (Å²) in [5.74, 6) is 0.617. The van der Waals surface area contributed by atoms with Crippen molar-refractivity contribution in [2.75, 3.05) is 11.5 Å². The Morgan fingerprint density at radius 3 is 2.79 bits per heavy atom. The van der Waals surface area contributed by atoms with Crippen molar-refractivity contribution in [3.8, 4) is 0 Å². The molecule has 108 valence electrons. The molecular formula is C13H22N2O3S. The molecule has 2 atom stereocenters. The molecule has 0 radical (unpaired) electrons. The van der Waals surface area contributed by atoms with E-state index in [1.54, 1.807) is 0 Å². The maximum atomic E-state index is 11.7. The fourth-order valence-corrected chi connectivity index (χ4v) is 4.67. The van der Waals surface area contributed by atoms with Crippen LogP contribution in [-0.2, 0) is 14.6 Å². The Balaban J connectivity index is 1.80. The van der Waals surface area contributed by atoms with Crippen LogP contribution in [0.15, 0.2) is 5.10 Å². The van der Waals surface area contributed by atoms with Gasteiger partial charge in [0.2, 0.25) is 5.91 Å². The van der Waals surface area contributed by atoms with E-state index in [1.807, 2.05) is 0 Å². The minimum Gasteiger partial charge on any atom is -0.273 e. The van der Waals surface area contributed by atoms with Crippen molar-refractivity contribution in [1.29, 1.82) is 0 Å². The third-order valence-electron chi connectivity index (χ3n) is 4.01. The zero-order valence-corrected chi connectivity index (χ0v) is 12.2. The molecule has 6 heteroatoms. The van der Waals surface area contributed by atoms with E-state index in [0.717, 1.165) is 25.0 Å². The summed E-state index contributed by atoms with van der Waals surface area (Å²) in [4.78, 5) is 11.7. The second kappa shape index (κ2) is 6.03. The van der Waals surface area contributed by atoms with Crippen molar-refractivity contribution in [2.45, 2.75) is 45.4 Å². The van der Waals surface area contributed by atoms with Gasteiger partial charge < -0.3 is 0 Å². The molecule has 1 aliphatic carbocycles. The Kier molecular flexibility index (Phi) is 4.60. The minimum absolute atomic E-state index is 0.0334. The zero-order valence-electron chi connectivity index (χ0n) is 11.4. The highest BCUT2D eigenvalue weighted by molar-refractivity contribution is 7.91. The Hall–Kier alpha value is -0.910. The molecule has 5 nitrogen and oxygen atoms in total. The van der Waals surface area contributed by atoms with Crippen LogP contribution in [0.3, 0.4) is 0 Å². The van der Waals surface area contributed by atoms with Gasteiger partial charge in [-0.2, -0.15) is 5.10 Å². The molecule has 0 unspecified atom stereocenters. The zero-order chi connectivity index (χ0) is 13.9. The standard InChI is InChI=1S/C13H22N2O3S/c1-10-4-2-3-5-12(10)14-15-13(16)8-11-6-7-19(17,18)9-11/h10-11H,2-9H2,1H3,(H,15,16)/b14-12-/t10-,11-/m0/s1. The predicted octanol–water partition coefficient (Wildman–Crippen LogP) is 1.49. The van der Waals surface area contributed by atoms with Gasteiger partial charge in [0, 0.05) is 12.1 Å². The van der Waals surface area contributed by atoms with Crippen molar-refractivity contribution in [3.63, 3.8) is 0 Å². The number of rotatable bonds is 3. The molecule has 0 spiro atoms. The quantitative estimate of drug-likeness (QED) is 0.799. The summed E-state index contributed by atoms with van der Waals surface area (Å²) in [7, 11) is -2.90. The van der Waals surface area contributed by atoms with Gasteiger partial charge in [-0.1, -0.05) is 13.3 Å². The molecule has 2 rings (SSSR count). The Labute approximate surface area is 114 Å². The normalized spacial score (nSPS) is 32.4. The monoisotopic (exact) mass is 286 g/mol. The molecule has 0 bridgehead atoms. The topological polar surface area (TPSA) is 75.6 Å². The summed E-state index contributed by atoms with van der Waals surface area (Å²) >= 11 is 0. The van der Waals surface area contributed by atoms with Gasteiger partial charge in [0.1, 0.15) is 0 Å². The highest BCUT2D eigenvalue weighted by Crippen LogP contribution is 2.22. The number of hydrogen-bond acceptors (Lipinski definition) is 4. The van der Waals surface area contributed by atoms with E-state index < -0.39 is 9.84 Å². The van der Waals surface area contributed by atoms with Crippen LogP contribution in [0.4, 0.5) is 0 Å². The van der Waals surface area contributed by atoms with E-state index in [-0.39, 0.29) is 29.8 Å². The van der Waals surface area contributed by atoms with Crippen molar-refractivity contribution in [2.24, 2.45) is 16.9 Å². The van der Waals surface area contributed by atoms with Gasteiger partial charge in [0.05, 0.1) is 11.5 Å². The van der Waals surface area contributed by atoms with Crippen molar-refractivity contribution < 1.29 is 13.2 Å². The Morgan fingerprint density at radius 1 is 1.37 bits per heavy atom. The number of carbonyl (C=O) groups is 1. The molecule has 1 saturated heterocycles. The Morgan fingerprint density at radius 2 is 2.16 bits per heavy atom. The molecule has 0 aromatic heterocycles. The molecule has 1 heterocycles. The lowest BCUT2D eigenvalue weighted by Crippen LogP contribution is -2.26. The van der Waals surface area contributed by atoms with Crippen LogP contribution in [-0.4, -0.2) is 31.5 Å². The lowest BCUT2D eigenvalue weighted by atomic mass is 9.89. The van der Waals surface area contributed by atoms with Gasteiger partial charge in [-0.25, -0.2) is 13.8 Å². The van der Waals surface area contributed by atoms with E-state index in [0.29, 0.717) is 12.3 Å². The molecule has 0 aromatic carbocycles. The summed E-state index contributed by atoms with van der Waals surface area (Å²) in [5.41, 5.74) is 3.66. The van der Waals surface area contributed by atoms with Gasteiger partial charge in [-0.3, -0.25) is 4.79 Å². The number of hydrazone groups is 1. The number of nitrogens with zero attached hydrogens (tertiary/aromatic N) is 1. The van der Waals surface area contributed by atoms with E-state index in [9.17, 15) is 13.2 Å². The van der Waals surface area contributed by atoms with Crippen molar-refractivity contribution in [1.82, 2.24) is 5.43 Å². The molecule has 1 amide bonds. The highest BCUT2D eigenvalue weighted by atomic mass is 32.2. The predicted molar refractivity (Wildman–Crippen MR) is 74.6 cm³/mol. The van der Waals surface area contributed by atoms with E-state index in [4.69, 9.17) is 0 Å². The lowest BCUT2D eigenvalue weighted by Gasteiger charge is -2.19. The molecule has 1 N–H and O–H groups in total. The first-order chi connectivity index (χ1) is 8.96. The summed E-state index contributed by atoms with van der Waals surface area (Å²) in [6.07, 6.45) is 5.33. The van der Waals surface area contributed by atoms with Crippen LogP contribution in [0.2, 0.25) is 0 Å². The van der Waals surface area contributed by atoms with Gasteiger partial charge >= 0.3 is 0 Å². The third kappa shape index (κ3) is 4.30. The summed E-state index contributed by atoms with van der Waals surface area (Å²) in [5, 5.41) is 4.21. The number of sulfone groups is 1. The van der Waals surface area contributed by atoms with E-state index in [1.165, 1.54) is 6.42 Å². The first kappa shape index (κ1) is 14.5. The molecule has 1 saturated carbocycles. The number of nitrogens with one attached hydrogen (secondary N) is 1. The van der Waals surface area contributed by atoms with Crippen LogP contribution in [0.5, 0.6) is 0 Å². The van der Waals surface area contributed by atoms with Crippen LogP contribution in [0, 0.1) is 11.8 Å². The van der Waals surface area contributed by atoms with Crippen molar-refractivity contribution in [3.05, 3.63) is 0 Å². The second-order valence-corrected chi connectivity index (χ2v) is 7.99. The largest absolute Gasteiger partial charge is 0.273 e. The smallest absolute Gasteiger partial charge is 0.240 e. The molecule has 2 aliphatic rings. The number of hydrogen-bond donors (Lipinski definition) is 1. The first-order valence-corrected chi connectivity index (χ1v) is 8.84. The van der Waals surface area contributed by atoms with E-state index in [2.05, 4.69) is 17.5 Å². The second-order valence-electron chi connectivity index (χ2n) is 5.76. The average Bonchev–Trinajstić information content (AvgIpc) is 2.67. The highest BCUT2D eigenvalue weighted by Gasteiger charge is 2.29. The minimum atomic E-state index is -2.90. The van der Waals surface area contributed by atoms with Gasteiger partial charge in [0.15, 0.2) is 9.84 Å². The summed E-state index contributed by atoms with van der Waals surface area (Å²) in [6, 6.07) is 0. The lowest BCUT2D eigenvalue weighted by molar-refractivity contribution is -0.121. The molecule has 19 heavy (non-hydrogen) atoms. The average molecular weight is 286 g/mol. The maximum Gasteiger partial charge on any atom is 0.240 e. The van der Waals surface area contributed by atoms with Gasteiger partial charge in [-0.05, 0) is 37.5 Å². The molecule has 1 aliphatic heterocycles. The molecule has 0 aromatic rings. The first-order valence-electron chi connectivity index (χ1n) is 7.02. The van der Waals surface area contributed by atoms with Gasteiger partial charge in [0.25, 0.3) is 0 Å². The van der Waals surface area contributed by atoms with Crippen LogP contribution < -0.4 is 5.43 Å². The van der Waals surface area contributed by atoms with Gasteiger partial charge in [-0.15, -0.1) is 0 Å². The Bertz CT molecular complexity index is 470. The molecule has 2 fully saturated rings. The molecular weight excluding hydrogens is 264 g/mol. The number of carbonyl (C=O) groups excluding carboxylic acids is 1. The van der Waals surface area contributed by atoms with Crippen LogP contribution in [0.25, 0.3) is 0 Å². The van der Waals surface area contributed by atoms with E-state index >= 15 is 0 Å².